The van der Waals surface area contributed by atoms with Gasteiger partial charge < -0.3 is 9.64 Å². The van der Waals surface area contributed by atoms with Crippen molar-refractivity contribution in [3.05, 3.63) is 16.1 Å². The summed E-state index contributed by atoms with van der Waals surface area (Å²) in [5, 5.41) is 2.54. The highest BCUT2D eigenvalue weighted by molar-refractivity contribution is 7.09. The summed E-state index contributed by atoms with van der Waals surface area (Å²) in [6, 6.07) is -0.0700. The molecule has 1 heterocycles. The predicted molar refractivity (Wildman–Crippen MR) is 78.9 cm³/mol. The van der Waals surface area contributed by atoms with Gasteiger partial charge in [0.05, 0.1) is 24.6 Å². The zero-order valence-corrected chi connectivity index (χ0v) is 13.5. The second kappa shape index (κ2) is 8.21. The fourth-order valence-corrected chi connectivity index (χ4v) is 2.64. The van der Waals surface area contributed by atoms with Gasteiger partial charge in [-0.1, -0.05) is 0 Å². The fourth-order valence-electron chi connectivity index (χ4n) is 1.63. The molecule has 0 saturated carbocycles. The van der Waals surface area contributed by atoms with Crippen LogP contribution in [-0.4, -0.2) is 41.0 Å². The number of amides is 1. The van der Waals surface area contributed by atoms with E-state index in [1.54, 1.807) is 6.92 Å². The van der Waals surface area contributed by atoms with Crippen LogP contribution in [0.5, 0.6) is 0 Å². The minimum absolute atomic E-state index is 0.0297. The van der Waals surface area contributed by atoms with Crippen LogP contribution >= 0.6 is 22.9 Å². The topological polar surface area (TPSA) is 59.5 Å². The molecule has 0 atom stereocenters. The normalized spacial score (nSPS) is 10.7. The molecule has 0 bridgehead atoms. The van der Waals surface area contributed by atoms with E-state index in [1.165, 1.54) is 16.2 Å². The summed E-state index contributed by atoms with van der Waals surface area (Å²) < 4.78 is 4.88. The molecule has 0 aliphatic carbocycles. The Hall–Kier alpha value is -1.14. The van der Waals surface area contributed by atoms with Crippen LogP contribution in [0.2, 0.25) is 0 Å². The molecule has 0 N–H and O–H groups in total. The Morgan fingerprint density at radius 3 is 2.70 bits per heavy atom. The monoisotopic (exact) mass is 318 g/mol. The molecule has 0 unspecified atom stereocenters. The van der Waals surface area contributed by atoms with Gasteiger partial charge in [0.1, 0.15) is 11.6 Å². The van der Waals surface area contributed by atoms with Crippen LogP contribution in [0.25, 0.3) is 0 Å². The predicted octanol–water partition coefficient (Wildman–Crippen LogP) is 2.22. The van der Waals surface area contributed by atoms with Crippen LogP contribution in [0.4, 0.5) is 0 Å². The SMILES string of the molecule is CCOC(=O)CN(C(=O)Cc1nc(CCl)cs1)C(C)C. The van der Waals surface area contributed by atoms with Crippen molar-refractivity contribution in [3.8, 4) is 0 Å². The molecule has 0 aromatic carbocycles. The number of hydrogen-bond donors (Lipinski definition) is 0. The third kappa shape index (κ3) is 5.09. The van der Waals surface area contributed by atoms with Crippen molar-refractivity contribution < 1.29 is 14.3 Å². The van der Waals surface area contributed by atoms with Crippen LogP contribution in [0, 0.1) is 0 Å². The molecule has 1 rings (SSSR count). The van der Waals surface area contributed by atoms with E-state index in [9.17, 15) is 9.59 Å². The van der Waals surface area contributed by atoms with Gasteiger partial charge in [0, 0.05) is 11.4 Å². The maximum Gasteiger partial charge on any atom is 0.325 e. The van der Waals surface area contributed by atoms with Gasteiger partial charge in [-0.25, -0.2) is 4.98 Å². The molecule has 0 fully saturated rings. The first kappa shape index (κ1) is 16.9. The van der Waals surface area contributed by atoms with Gasteiger partial charge >= 0.3 is 5.97 Å². The van der Waals surface area contributed by atoms with E-state index in [2.05, 4.69) is 4.98 Å². The number of carbonyl (C=O) groups excluding carboxylic acids is 2. The lowest BCUT2D eigenvalue weighted by molar-refractivity contribution is -0.149. The van der Waals surface area contributed by atoms with Gasteiger partial charge in [0.15, 0.2) is 0 Å². The summed E-state index contributed by atoms with van der Waals surface area (Å²) in [4.78, 5) is 29.5. The lowest BCUT2D eigenvalue weighted by atomic mass is 10.2. The zero-order valence-electron chi connectivity index (χ0n) is 11.9. The highest BCUT2D eigenvalue weighted by Gasteiger charge is 2.21. The average Bonchev–Trinajstić information content (AvgIpc) is 2.83. The minimum atomic E-state index is -0.393. The summed E-state index contributed by atoms with van der Waals surface area (Å²) >= 11 is 7.08. The molecule has 0 aliphatic heterocycles. The molecule has 1 aromatic heterocycles. The third-order valence-electron chi connectivity index (χ3n) is 2.59. The Balaban J connectivity index is 2.66. The molecule has 7 heteroatoms. The zero-order chi connectivity index (χ0) is 15.1. The van der Waals surface area contributed by atoms with Crippen LogP contribution in [0.15, 0.2) is 5.38 Å². The van der Waals surface area contributed by atoms with Crippen molar-refractivity contribution in [2.24, 2.45) is 0 Å². The lowest BCUT2D eigenvalue weighted by Crippen LogP contribution is -2.42. The number of carbonyl (C=O) groups is 2. The van der Waals surface area contributed by atoms with Gasteiger partial charge in [-0.05, 0) is 20.8 Å². The maximum absolute atomic E-state index is 12.2. The smallest absolute Gasteiger partial charge is 0.325 e. The van der Waals surface area contributed by atoms with Crippen molar-refractivity contribution in [3.63, 3.8) is 0 Å². The fraction of sp³-hybridized carbons (Fsp3) is 0.615. The Morgan fingerprint density at radius 2 is 2.20 bits per heavy atom. The second-order valence-electron chi connectivity index (χ2n) is 4.46. The van der Waals surface area contributed by atoms with Gasteiger partial charge in [0.2, 0.25) is 5.91 Å². The van der Waals surface area contributed by atoms with E-state index in [1.807, 2.05) is 19.2 Å². The van der Waals surface area contributed by atoms with Crippen molar-refractivity contribution in [1.29, 1.82) is 0 Å². The van der Waals surface area contributed by atoms with Gasteiger partial charge in [-0.2, -0.15) is 0 Å². The summed E-state index contributed by atoms with van der Waals surface area (Å²) in [5.41, 5.74) is 0.765. The number of rotatable bonds is 7. The molecule has 1 aromatic rings. The average molecular weight is 319 g/mol. The number of hydrogen-bond acceptors (Lipinski definition) is 5. The van der Waals surface area contributed by atoms with E-state index in [0.717, 1.165) is 5.69 Å². The summed E-state index contributed by atoms with van der Waals surface area (Å²) in [5.74, 6) is -0.194. The van der Waals surface area contributed by atoms with Crippen LogP contribution in [0.1, 0.15) is 31.5 Å². The van der Waals surface area contributed by atoms with Crippen LogP contribution in [-0.2, 0) is 26.6 Å². The van der Waals surface area contributed by atoms with Crippen molar-refractivity contribution >= 4 is 34.8 Å². The number of ether oxygens (including phenoxy) is 1. The van der Waals surface area contributed by atoms with Crippen molar-refractivity contribution in [1.82, 2.24) is 9.88 Å². The Morgan fingerprint density at radius 1 is 1.50 bits per heavy atom. The van der Waals surface area contributed by atoms with E-state index >= 15 is 0 Å². The van der Waals surface area contributed by atoms with Crippen molar-refractivity contribution in [2.75, 3.05) is 13.2 Å². The first-order valence-corrected chi connectivity index (χ1v) is 7.83. The second-order valence-corrected chi connectivity index (χ2v) is 5.67. The van der Waals surface area contributed by atoms with E-state index in [0.29, 0.717) is 17.5 Å². The van der Waals surface area contributed by atoms with Crippen LogP contribution in [0.3, 0.4) is 0 Å². The Kier molecular flexibility index (Phi) is 6.95. The molecule has 20 heavy (non-hydrogen) atoms. The summed E-state index contributed by atoms with van der Waals surface area (Å²) in [6.07, 6.45) is 0.180. The van der Waals surface area contributed by atoms with E-state index in [4.69, 9.17) is 16.3 Å². The summed E-state index contributed by atoms with van der Waals surface area (Å²) in [6.45, 7) is 5.75. The molecule has 0 saturated heterocycles. The van der Waals surface area contributed by atoms with E-state index in [-0.39, 0.29) is 24.9 Å². The summed E-state index contributed by atoms with van der Waals surface area (Å²) in [7, 11) is 0. The molecular weight excluding hydrogens is 300 g/mol. The standard InChI is InChI=1S/C13H19ClN2O3S/c1-4-19-13(18)7-16(9(2)3)12(17)5-11-15-10(6-14)8-20-11/h8-9H,4-7H2,1-3H3. The largest absolute Gasteiger partial charge is 0.465 e. The Bertz CT molecular complexity index is 462. The number of nitrogens with zero attached hydrogens (tertiary/aromatic N) is 2. The third-order valence-corrected chi connectivity index (χ3v) is 3.76. The Labute approximate surface area is 127 Å². The highest BCUT2D eigenvalue weighted by atomic mass is 35.5. The number of halogens is 1. The first-order chi connectivity index (χ1) is 9.47. The van der Waals surface area contributed by atoms with Crippen LogP contribution < -0.4 is 0 Å². The molecule has 5 nitrogen and oxygen atoms in total. The number of aromatic nitrogens is 1. The molecule has 0 spiro atoms. The molecule has 0 radical (unpaired) electrons. The number of alkyl halides is 1. The first-order valence-electron chi connectivity index (χ1n) is 6.42. The molecule has 0 aliphatic rings. The van der Waals surface area contributed by atoms with E-state index < -0.39 is 5.97 Å². The van der Waals surface area contributed by atoms with Crippen molar-refractivity contribution in [2.45, 2.75) is 39.1 Å². The number of esters is 1. The van der Waals surface area contributed by atoms with Gasteiger partial charge in [-0.3, -0.25) is 9.59 Å². The molecule has 1 amide bonds. The maximum atomic E-state index is 12.2. The quantitative estimate of drug-likeness (QED) is 0.571. The van der Waals surface area contributed by atoms with Gasteiger partial charge in [0.25, 0.3) is 0 Å². The highest BCUT2D eigenvalue weighted by Crippen LogP contribution is 2.14. The van der Waals surface area contributed by atoms with Gasteiger partial charge in [-0.15, -0.1) is 22.9 Å². The molecule has 112 valence electrons. The number of thiazole rings is 1. The lowest BCUT2D eigenvalue weighted by Gasteiger charge is -2.25. The molecular formula is C13H19ClN2O3S. The minimum Gasteiger partial charge on any atom is -0.465 e.